The lowest BCUT2D eigenvalue weighted by Crippen LogP contribution is -2.04. The molecule has 19 heavy (non-hydrogen) atoms. The first-order valence-corrected chi connectivity index (χ1v) is 6.45. The third-order valence-electron chi connectivity index (χ3n) is 3.54. The van der Waals surface area contributed by atoms with Crippen molar-refractivity contribution in [3.8, 4) is 0 Å². The summed E-state index contributed by atoms with van der Waals surface area (Å²) in [4.78, 5) is 3.99. The number of anilines is 2. The van der Waals surface area contributed by atoms with Gasteiger partial charge < -0.3 is 11.1 Å². The lowest BCUT2D eigenvalue weighted by molar-refractivity contribution is 0.343. The van der Waals surface area contributed by atoms with Crippen LogP contribution in [-0.4, -0.2) is 11.5 Å². The predicted molar refractivity (Wildman–Crippen MR) is 74.8 cm³/mol. The molecule has 1 aromatic carbocycles. The third-order valence-corrected chi connectivity index (χ3v) is 3.54. The zero-order valence-electron chi connectivity index (χ0n) is 10.6. The Hall–Kier alpha value is -2.10. The molecule has 0 aliphatic carbocycles. The van der Waals surface area contributed by atoms with Crippen molar-refractivity contribution in [2.24, 2.45) is 0 Å². The van der Waals surface area contributed by atoms with Crippen LogP contribution < -0.4 is 11.1 Å². The van der Waals surface area contributed by atoms with Crippen LogP contribution in [0, 0.1) is 0 Å². The average molecular weight is 257 g/mol. The van der Waals surface area contributed by atoms with Crippen LogP contribution in [0.2, 0.25) is 0 Å². The highest BCUT2D eigenvalue weighted by molar-refractivity contribution is 5.62. The molecule has 98 valence electrons. The fourth-order valence-electron chi connectivity index (χ4n) is 2.55. The summed E-state index contributed by atoms with van der Waals surface area (Å²) in [6.45, 7) is 0.883. The van der Waals surface area contributed by atoms with E-state index in [1.807, 2.05) is 24.3 Å². The van der Waals surface area contributed by atoms with E-state index in [4.69, 9.17) is 5.73 Å². The van der Waals surface area contributed by atoms with Crippen molar-refractivity contribution in [1.29, 1.82) is 0 Å². The molecule has 0 bridgehead atoms. The lowest BCUT2D eigenvalue weighted by Gasteiger charge is -2.14. The monoisotopic (exact) mass is 257 g/mol. The van der Waals surface area contributed by atoms with Crippen LogP contribution in [0.1, 0.15) is 22.9 Å². The molecule has 2 heterocycles. The van der Waals surface area contributed by atoms with Gasteiger partial charge in [0.2, 0.25) is 0 Å². The van der Waals surface area contributed by atoms with Gasteiger partial charge in [-0.15, -0.1) is 0 Å². The van der Waals surface area contributed by atoms with Gasteiger partial charge in [0.25, 0.3) is 0 Å². The Labute approximate surface area is 111 Å². The Morgan fingerprint density at radius 2 is 2.21 bits per heavy atom. The molecule has 1 unspecified atom stereocenters. The summed E-state index contributed by atoms with van der Waals surface area (Å²) in [5.74, 6) is 0.408. The number of para-hydroxylation sites is 1. The van der Waals surface area contributed by atoms with E-state index in [1.54, 1.807) is 12.3 Å². The number of nitrogens with zero attached hydrogens (tertiary/aromatic N) is 1. The second-order valence-corrected chi connectivity index (χ2v) is 4.78. The van der Waals surface area contributed by atoms with Gasteiger partial charge in [0, 0.05) is 30.4 Å². The number of nitrogens with one attached hydrogen (secondary N) is 1. The number of aromatic nitrogens is 1. The second-order valence-electron chi connectivity index (χ2n) is 4.78. The van der Waals surface area contributed by atoms with Crippen LogP contribution in [0.5, 0.6) is 0 Å². The third kappa shape index (κ3) is 2.26. The molecule has 4 heteroatoms. The summed E-state index contributed by atoms with van der Waals surface area (Å²) in [7, 11) is 0. The van der Waals surface area contributed by atoms with Crippen LogP contribution in [0.25, 0.3) is 0 Å². The van der Waals surface area contributed by atoms with Crippen molar-refractivity contribution in [3.05, 3.63) is 53.2 Å². The zero-order chi connectivity index (χ0) is 13.2. The standard InChI is InChI=1S/C15H16FN3/c16-13(9-11-4-2-7-19-15(11)17)12-5-1-3-10-6-8-18-14(10)12/h1-5,7,13,18H,6,8-9H2,(H2,17,19). The van der Waals surface area contributed by atoms with Gasteiger partial charge >= 0.3 is 0 Å². The maximum Gasteiger partial charge on any atom is 0.131 e. The molecule has 3 N–H and O–H groups in total. The molecule has 2 aromatic rings. The van der Waals surface area contributed by atoms with E-state index in [1.165, 1.54) is 5.56 Å². The summed E-state index contributed by atoms with van der Waals surface area (Å²) in [6.07, 6.45) is 1.78. The molecule has 0 fully saturated rings. The first-order valence-electron chi connectivity index (χ1n) is 6.45. The second kappa shape index (κ2) is 4.88. The van der Waals surface area contributed by atoms with Crippen LogP contribution in [0.15, 0.2) is 36.5 Å². The van der Waals surface area contributed by atoms with E-state index in [-0.39, 0.29) is 6.42 Å². The number of hydrogen-bond acceptors (Lipinski definition) is 3. The number of nitrogens with two attached hydrogens (primary N) is 1. The molecule has 0 radical (unpaired) electrons. The SMILES string of the molecule is Nc1ncccc1CC(F)c1cccc2c1NCC2. The number of alkyl halides is 1. The van der Waals surface area contributed by atoms with Gasteiger partial charge in [0.05, 0.1) is 0 Å². The molecule has 1 aromatic heterocycles. The Bertz CT molecular complexity index is 598. The molecular weight excluding hydrogens is 241 g/mol. The highest BCUT2D eigenvalue weighted by atomic mass is 19.1. The summed E-state index contributed by atoms with van der Waals surface area (Å²) in [6, 6.07) is 9.41. The van der Waals surface area contributed by atoms with Crippen LogP contribution >= 0.6 is 0 Å². The van der Waals surface area contributed by atoms with Crippen molar-refractivity contribution >= 4 is 11.5 Å². The van der Waals surface area contributed by atoms with Crippen LogP contribution in [0.3, 0.4) is 0 Å². The summed E-state index contributed by atoms with van der Waals surface area (Å²) in [5, 5.41) is 3.26. The summed E-state index contributed by atoms with van der Waals surface area (Å²) >= 11 is 0. The van der Waals surface area contributed by atoms with E-state index in [0.29, 0.717) is 5.82 Å². The molecule has 1 aliphatic rings. The number of pyridine rings is 1. The minimum absolute atomic E-state index is 0.262. The Kier molecular flexibility index (Phi) is 3.07. The molecule has 0 spiro atoms. The van der Waals surface area contributed by atoms with Gasteiger partial charge in [0.15, 0.2) is 0 Å². The van der Waals surface area contributed by atoms with E-state index >= 15 is 0 Å². The number of nitrogen functional groups attached to an aromatic ring is 1. The highest BCUT2D eigenvalue weighted by Crippen LogP contribution is 2.34. The minimum Gasteiger partial charge on any atom is -0.384 e. The van der Waals surface area contributed by atoms with Crippen molar-refractivity contribution in [2.75, 3.05) is 17.6 Å². The van der Waals surface area contributed by atoms with Gasteiger partial charge in [-0.1, -0.05) is 24.3 Å². The van der Waals surface area contributed by atoms with Gasteiger partial charge in [0.1, 0.15) is 12.0 Å². The Balaban J connectivity index is 1.87. The predicted octanol–water partition coefficient (Wildman–Crippen LogP) is 2.89. The first kappa shape index (κ1) is 12.0. The van der Waals surface area contributed by atoms with Gasteiger partial charge in [-0.05, 0) is 23.6 Å². The maximum atomic E-state index is 14.5. The number of fused-ring (bicyclic) bond motifs is 1. The van der Waals surface area contributed by atoms with E-state index < -0.39 is 6.17 Å². The molecule has 0 saturated heterocycles. The van der Waals surface area contributed by atoms with Crippen molar-refractivity contribution in [1.82, 2.24) is 4.98 Å². The highest BCUT2D eigenvalue weighted by Gasteiger charge is 2.21. The fourth-order valence-corrected chi connectivity index (χ4v) is 2.55. The Morgan fingerprint density at radius 1 is 1.32 bits per heavy atom. The average Bonchev–Trinajstić information content (AvgIpc) is 2.89. The normalized spacial score (nSPS) is 14.8. The van der Waals surface area contributed by atoms with Gasteiger partial charge in [-0.25, -0.2) is 9.37 Å². The minimum atomic E-state index is -1.06. The smallest absolute Gasteiger partial charge is 0.131 e. The number of halogens is 1. The van der Waals surface area contributed by atoms with Crippen molar-refractivity contribution in [3.63, 3.8) is 0 Å². The van der Waals surface area contributed by atoms with Crippen LogP contribution in [0.4, 0.5) is 15.9 Å². The largest absolute Gasteiger partial charge is 0.384 e. The molecule has 1 atom stereocenters. The quantitative estimate of drug-likeness (QED) is 0.889. The summed E-state index contributed by atoms with van der Waals surface area (Å²) < 4.78 is 14.5. The zero-order valence-corrected chi connectivity index (χ0v) is 10.6. The first-order chi connectivity index (χ1) is 9.25. The van der Waals surface area contributed by atoms with E-state index in [0.717, 1.165) is 29.8 Å². The van der Waals surface area contributed by atoms with Crippen molar-refractivity contribution < 1.29 is 4.39 Å². The van der Waals surface area contributed by atoms with Gasteiger partial charge in [-0.3, -0.25) is 0 Å². The van der Waals surface area contributed by atoms with E-state index in [9.17, 15) is 4.39 Å². The molecular formula is C15H16FN3. The topological polar surface area (TPSA) is 50.9 Å². The van der Waals surface area contributed by atoms with Gasteiger partial charge in [-0.2, -0.15) is 0 Å². The van der Waals surface area contributed by atoms with Crippen molar-refractivity contribution in [2.45, 2.75) is 19.0 Å². The lowest BCUT2D eigenvalue weighted by atomic mass is 9.99. The molecule has 0 amide bonds. The number of benzene rings is 1. The molecule has 0 saturated carbocycles. The summed E-state index contributed by atoms with van der Waals surface area (Å²) in [5.41, 5.74) is 9.39. The fraction of sp³-hybridized carbons (Fsp3) is 0.267. The van der Waals surface area contributed by atoms with Crippen LogP contribution in [-0.2, 0) is 12.8 Å². The number of hydrogen-bond donors (Lipinski definition) is 2. The molecule has 3 nitrogen and oxygen atoms in total. The number of rotatable bonds is 3. The molecule has 3 rings (SSSR count). The molecule has 1 aliphatic heterocycles. The maximum absolute atomic E-state index is 14.5. The Morgan fingerprint density at radius 3 is 3.05 bits per heavy atom. The van der Waals surface area contributed by atoms with E-state index in [2.05, 4.69) is 10.3 Å².